The summed E-state index contributed by atoms with van der Waals surface area (Å²) in [5.74, 6) is -53.5. The fourth-order valence-electron chi connectivity index (χ4n) is 1.66. The molecule has 0 saturated carbocycles. The van der Waals surface area contributed by atoms with E-state index in [1.807, 2.05) is 0 Å². The first-order valence-electron chi connectivity index (χ1n) is 7.17. The van der Waals surface area contributed by atoms with Crippen molar-refractivity contribution in [2.75, 3.05) is 6.54 Å². The standard InChI is InChI=1S/C12H8F15NO3/c13-6(14,5(31)28-3-1-2-4(29)30)7(15,16)8(17,18)9(19,20)10(21,22)11(23,24)12(25,26)27/h1-3H2,(H,28,31)(H,29,30). The highest BCUT2D eigenvalue weighted by molar-refractivity contribution is 5.84. The van der Waals surface area contributed by atoms with Crippen molar-refractivity contribution in [3.63, 3.8) is 0 Å². The van der Waals surface area contributed by atoms with Crippen molar-refractivity contribution in [1.29, 1.82) is 0 Å². The molecule has 0 radical (unpaired) electrons. The lowest BCUT2D eigenvalue weighted by atomic mass is 9.91. The second-order valence-electron chi connectivity index (χ2n) is 5.70. The first-order chi connectivity index (χ1) is 13.3. The Morgan fingerprint density at radius 3 is 1.32 bits per heavy atom. The van der Waals surface area contributed by atoms with Gasteiger partial charge in [-0.3, -0.25) is 9.59 Å². The number of nitrogens with one attached hydrogen (secondary N) is 1. The molecule has 0 aromatic rings. The van der Waals surface area contributed by atoms with Gasteiger partial charge >= 0.3 is 47.7 Å². The van der Waals surface area contributed by atoms with Crippen molar-refractivity contribution in [3.8, 4) is 0 Å². The molecule has 0 atom stereocenters. The summed E-state index contributed by atoms with van der Waals surface area (Å²) in [5, 5.41) is 8.86. The summed E-state index contributed by atoms with van der Waals surface area (Å²) >= 11 is 0. The van der Waals surface area contributed by atoms with E-state index < -0.39 is 73.0 Å². The van der Waals surface area contributed by atoms with Gasteiger partial charge in [-0.25, -0.2) is 0 Å². The number of rotatable bonds is 10. The molecule has 0 fully saturated rings. The minimum atomic E-state index is -8.48. The molecule has 0 heterocycles. The van der Waals surface area contributed by atoms with Gasteiger partial charge in [0, 0.05) is 13.0 Å². The Kier molecular flexibility index (Phi) is 7.55. The highest BCUT2D eigenvalue weighted by atomic mass is 19.4. The van der Waals surface area contributed by atoms with E-state index in [0.29, 0.717) is 5.32 Å². The molecule has 19 heteroatoms. The molecule has 0 aromatic carbocycles. The van der Waals surface area contributed by atoms with E-state index in [-0.39, 0.29) is 0 Å². The van der Waals surface area contributed by atoms with Gasteiger partial charge in [-0.1, -0.05) is 0 Å². The van der Waals surface area contributed by atoms with Crippen molar-refractivity contribution in [3.05, 3.63) is 0 Å². The van der Waals surface area contributed by atoms with Crippen molar-refractivity contribution in [1.82, 2.24) is 5.32 Å². The van der Waals surface area contributed by atoms with Gasteiger partial charge in [0.15, 0.2) is 0 Å². The lowest BCUT2D eigenvalue weighted by Gasteiger charge is -2.41. The van der Waals surface area contributed by atoms with E-state index in [4.69, 9.17) is 5.11 Å². The topological polar surface area (TPSA) is 66.4 Å². The molecule has 0 aliphatic carbocycles. The fraction of sp³-hybridized carbons (Fsp3) is 0.833. The van der Waals surface area contributed by atoms with Gasteiger partial charge in [-0.2, -0.15) is 65.9 Å². The lowest BCUT2D eigenvalue weighted by Crippen LogP contribution is -2.74. The van der Waals surface area contributed by atoms with Crippen molar-refractivity contribution in [2.24, 2.45) is 0 Å². The fourth-order valence-corrected chi connectivity index (χ4v) is 1.66. The molecule has 0 spiro atoms. The van der Waals surface area contributed by atoms with Crippen LogP contribution in [0.25, 0.3) is 0 Å². The number of carboxylic acid groups (broad SMARTS) is 1. The van der Waals surface area contributed by atoms with Crippen molar-refractivity contribution >= 4 is 11.9 Å². The lowest BCUT2D eigenvalue weighted by molar-refractivity contribution is -0.449. The van der Waals surface area contributed by atoms with Gasteiger partial charge in [0.25, 0.3) is 5.91 Å². The van der Waals surface area contributed by atoms with Crippen LogP contribution in [0.4, 0.5) is 65.9 Å². The first kappa shape index (κ1) is 28.9. The zero-order valence-electron chi connectivity index (χ0n) is 14.1. The van der Waals surface area contributed by atoms with Gasteiger partial charge < -0.3 is 10.4 Å². The average Bonchev–Trinajstić information content (AvgIpc) is 2.56. The number of carbonyl (C=O) groups excluding carboxylic acids is 1. The summed E-state index contributed by atoms with van der Waals surface area (Å²) < 4.78 is 193. The monoisotopic (exact) mass is 499 g/mol. The number of hydrogen-bond donors (Lipinski definition) is 2. The molecule has 184 valence electrons. The minimum absolute atomic E-state index is 0.675. The normalized spacial score (nSPS) is 15.1. The second kappa shape index (κ2) is 8.10. The van der Waals surface area contributed by atoms with Crippen molar-refractivity contribution < 1.29 is 80.6 Å². The molecule has 0 bridgehead atoms. The number of amides is 1. The predicted octanol–water partition coefficient (Wildman–Crippen LogP) is 4.34. The summed E-state index contributed by atoms with van der Waals surface area (Å²) in [6, 6.07) is 0. The minimum Gasteiger partial charge on any atom is -0.481 e. The number of carbonyl (C=O) groups is 2. The highest BCUT2D eigenvalue weighted by Crippen LogP contribution is 2.62. The summed E-state index contributed by atoms with van der Waals surface area (Å²) in [7, 11) is 0. The van der Waals surface area contributed by atoms with E-state index >= 15 is 0 Å². The SMILES string of the molecule is O=C(O)CCCNC(=O)C(F)(F)C(F)(F)C(F)(F)C(F)(F)C(F)(F)C(F)(F)C(F)(F)F. The van der Waals surface area contributed by atoms with E-state index in [0.717, 1.165) is 0 Å². The maximum atomic E-state index is 13.4. The summed E-state index contributed by atoms with van der Waals surface area (Å²) in [5.41, 5.74) is 0. The maximum Gasteiger partial charge on any atom is 0.460 e. The zero-order valence-corrected chi connectivity index (χ0v) is 14.1. The number of halogens is 15. The molecule has 0 aliphatic rings. The van der Waals surface area contributed by atoms with Gasteiger partial charge in [-0.05, 0) is 6.42 Å². The van der Waals surface area contributed by atoms with Crippen LogP contribution in [0.15, 0.2) is 0 Å². The smallest absolute Gasteiger partial charge is 0.460 e. The third kappa shape index (κ3) is 4.44. The van der Waals surface area contributed by atoms with Crippen LogP contribution in [0.5, 0.6) is 0 Å². The summed E-state index contributed by atoms with van der Waals surface area (Å²) in [6.45, 7) is -1.28. The molecular formula is C12H8F15NO3. The Balaban J connectivity index is 6.14. The largest absolute Gasteiger partial charge is 0.481 e. The molecule has 31 heavy (non-hydrogen) atoms. The predicted molar refractivity (Wildman–Crippen MR) is 65.6 cm³/mol. The molecule has 0 aliphatic heterocycles. The van der Waals surface area contributed by atoms with Crippen LogP contribution in [0, 0.1) is 0 Å². The Hall–Kier alpha value is -2.11. The number of alkyl halides is 15. The van der Waals surface area contributed by atoms with Crippen LogP contribution < -0.4 is 5.32 Å². The van der Waals surface area contributed by atoms with Crippen LogP contribution in [-0.2, 0) is 9.59 Å². The Bertz CT molecular complexity index is 685. The molecule has 2 N–H and O–H groups in total. The van der Waals surface area contributed by atoms with Crippen LogP contribution in [0.3, 0.4) is 0 Å². The number of carboxylic acids is 1. The van der Waals surface area contributed by atoms with Crippen LogP contribution in [0.2, 0.25) is 0 Å². The van der Waals surface area contributed by atoms with E-state index in [2.05, 4.69) is 0 Å². The highest BCUT2D eigenvalue weighted by Gasteiger charge is 2.94. The molecule has 0 rings (SSSR count). The van der Waals surface area contributed by atoms with E-state index in [1.165, 1.54) is 0 Å². The maximum absolute atomic E-state index is 13.4. The van der Waals surface area contributed by atoms with E-state index in [1.54, 1.807) is 0 Å². The summed E-state index contributed by atoms with van der Waals surface area (Å²) in [4.78, 5) is 21.1. The summed E-state index contributed by atoms with van der Waals surface area (Å²) in [6.07, 6.45) is -9.45. The van der Waals surface area contributed by atoms with Crippen LogP contribution in [0.1, 0.15) is 12.8 Å². The van der Waals surface area contributed by atoms with Gasteiger partial charge in [0.05, 0.1) is 0 Å². The second-order valence-corrected chi connectivity index (χ2v) is 5.70. The van der Waals surface area contributed by atoms with Crippen molar-refractivity contribution in [2.45, 2.75) is 54.6 Å². The molecule has 0 unspecified atom stereocenters. The molecule has 0 saturated heterocycles. The van der Waals surface area contributed by atoms with Gasteiger partial charge in [-0.15, -0.1) is 0 Å². The number of aliphatic carboxylic acids is 1. The number of hydrogen-bond acceptors (Lipinski definition) is 2. The third-order valence-corrected chi connectivity index (χ3v) is 3.47. The quantitative estimate of drug-likeness (QED) is 0.348. The zero-order chi connectivity index (χ0) is 25.5. The van der Waals surface area contributed by atoms with Gasteiger partial charge in [0.2, 0.25) is 0 Å². The molecule has 0 aromatic heterocycles. The Morgan fingerprint density at radius 2 is 0.968 bits per heavy atom. The molecule has 4 nitrogen and oxygen atoms in total. The third-order valence-electron chi connectivity index (χ3n) is 3.47. The Labute approximate surface area is 160 Å². The van der Waals surface area contributed by atoms with Crippen LogP contribution in [-0.4, -0.2) is 65.2 Å². The van der Waals surface area contributed by atoms with E-state index in [9.17, 15) is 75.4 Å². The first-order valence-corrected chi connectivity index (χ1v) is 7.17. The van der Waals surface area contributed by atoms with Crippen LogP contribution >= 0.6 is 0 Å². The van der Waals surface area contributed by atoms with Gasteiger partial charge in [0.1, 0.15) is 0 Å². The average molecular weight is 499 g/mol. The molecular weight excluding hydrogens is 491 g/mol. The molecule has 1 amide bonds. The Morgan fingerprint density at radius 1 is 0.613 bits per heavy atom.